The minimum atomic E-state index is -0.0505. The highest BCUT2D eigenvalue weighted by atomic mass is 16.2. The van der Waals surface area contributed by atoms with Gasteiger partial charge in [-0.1, -0.05) is 60.7 Å². The van der Waals surface area contributed by atoms with E-state index in [2.05, 4.69) is 22.1 Å². The van der Waals surface area contributed by atoms with Gasteiger partial charge in [-0.25, -0.2) is 10.0 Å². The number of amides is 1. The summed E-state index contributed by atoms with van der Waals surface area (Å²) in [5, 5.41) is 4.88. The number of carbonyl (C=O) groups excluding carboxylic acids is 1. The maximum absolute atomic E-state index is 13.5. The van der Waals surface area contributed by atoms with Crippen LogP contribution < -0.4 is 5.01 Å². The number of hydrogen-bond acceptors (Lipinski definition) is 3. The molecule has 1 aromatic heterocycles. The van der Waals surface area contributed by atoms with Gasteiger partial charge in [0.1, 0.15) is 0 Å². The van der Waals surface area contributed by atoms with Gasteiger partial charge in [-0.05, 0) is 35.4 Å². The number of para-hydroxylation sites is 1. The van der Waals surface area contributed by atoms with E-state index in [1.807, 2.05) is 72.8 Å². The number of hydrazine groups is 1. The summed E-state index contributed by atoms with van der Waals surface area (Å²) in [6, 6.07) is 27.7. The van der Waals surface area contributed by atoms with E-state index < -0.39 is 0 Å². The normalized spacial score (nSPS) is 13.4. The lowest BCUT2D eigenvalue weighted by atomic mass is 10.1. The van der Waals surface area contributed by atoms with Crippen molar-refractivity contribution < 1.29 is 4.79 Å². The van der Waals surface area contributed by atoms with Crippen LogP contribution >= 0.6 is 0 Å². The van der Waals surface area contributed by atoms with Gasteiger partial charge in [0.25, 0.3) is 5.91 Å². The zero-order chi connectivity index (χ0) is 18.9. The zero-order valence-electron chi connectivity index (χ0n) is 15.3. The van der Waals surface area contributed by atoms with Crippen LogP contribution in [-0.4, -0.2) is 15.9 Å². The average Bonchev–Trinajstić information content (AvgIpc) is 3.18. The predicted octanol–water partition coefficient (Wildman–Crippen LogP) is 4.81. The highest BCUT2D eigenvalue weighted by Crippen LogP contribution is 2.30. The SMILES string of the molecule is O=C(c1ccccc1)N(c1cnc2ccccc2c1)N1Cc2ccccc2C1. The van der Waals surface area contributed by atoms with Crippen LogP contribution in [0.3, 0.4) is 0 Å². The highest BCUT2D eigenvalue weighted by Gasteiger charge is 2.29. The van der Waals surface area contributed by atoms with Gasteiger partial charge in [-0.2, -0.15) is 0 Å². The summed E-state index contributed by atoms with van der Waals surface area (Å²) in [6.45, 7) is 1.39. The van der Waals surface area contributed by atoms with Crippen molar-refractivity contribution in [2.45, 2.75) is 13.1 Å². The summed E-state index contributed by atoms with van der Waals surface area (Å²) < 4.78 is 0. The third-order valence-corrected chi connectivity index (χ3v) is 5.14. The number of benzene rings is 3. The Kier molecular flexibility index (Phi) is 4.11. The first-order valence-corrected chi connectivity index (χ1v) is 9.35. The third-order valence-electron chi connectivity index (χ3n) is 5.14. The molecule has 0 saturated heterocycles. The fraction of sp³-hybridized carbons (Fsp3) is 0.0833. The first-order chi connectivity index (χ1) is 13.8. The number of anilines is 1. The van der Waals surface area contributed by atoms with E-state index in [1.54, 1.807) is 11.2 Å². The largest absolute Gasteiger partial charge is 0.272 e. The monoisotopic (exact) mass is 365 g/mol. The number of carbonyl (C=O) groups is 1. The van der Waals surface area contributed by atoms with Gasteiger partial charge in [-0.15, -0.1) is 0 Å². The molecule has 1 aliphatic heterocycles. The predicted molar refractivity (Wildman–Crippen MR) is 111 cm³/mol. The van der Waals surface area contributed by atoms with Crippen LogP contribution in [0.25, 0.3) is 10.9 Å². The van der Waals surface area contributed by atoms with Crippen molar-refractivity contribution in [2.24, 2.45) is 0 Å². The summed E-state index contributed by atoms with van der Waals surface area (Å²) in [5.41, 5.74) is 4.86. The molecule has 0 fully saturated rings. The Bertz CT molecular complexity index is 1130. The molecule has 2 heterocycles. The quantitative estimate of drug-likeness (QED) is 0.523. The van der Waals surface area contributed by atoms with Crippen molar-refractivity contribution in [1.29, 1.82) is 0 Å². The van der Waals surface area contributed by atoms with Gasteiger partial charge in [-0.3, -0.25) is 9.78 Å². The molecule has 5 rings (SSSR count). The Hall–Kier alpha value is -3.50. The maximum atomic E-state index is 13.5. The molecule has 3 aromatic carbocycles. The van der Waals surface area contributed by atoms with Crippen LogP contribution in [0.1, 0.15) is 21.5 Å². The van der Waals surface area contributed by atoms with Gasteiger partial charge < -0.3 is 0 Å². The standard InChI is InChI=1S/C24H19N3O/c28-24(18-8-2-1-3-9-18)27(26-16-20-11-4-5-12-21(20)17-26)22-14-19-10-6-7-13-23(19)25-15-22/h1-15H,16-17H2. The minimum absolute atomic E-state index is 0.0505. The fourth-order valence-electron chi connectivity index (χ4n) is 3.74. The van der Waals surface area contributed by atoms with Crippen LogP contribution in [-0.2, 0) is 13.1 Å². The van der Waals surface area contributed by atoms with Crippen molar-refractivity contribution in [3.05, 3.63) is 108 Å². The molecule has 0 aliphatic carbocycles. The third kappa shape index (κ3) is 2.94. The average molecular weight is 365 g/mol. The number of rotatable bonds is 3. The summed E-state index contributed by atoms with van der Waals surface area (Å²) in [5.74, 6) is -0.0505. The number of nitrogens with zero attached hydrogens (tertiary/aromatic N) is 3. The van der Waals surface area contributed by atoms with Crippen molar-refractivity contribution >= 4 is 22.5 Å². The van der Waals surface area contributed by atoms with Crippen molar-refractivity contribution in [1.82, 2.24) is 9.99 Å². The number of hydrogen-bond donors (Lipinski definition) is 0. The van der Waals surface area contributed by atoms with Crippen LogP contribution in [0.15, 0.2) is 91.1 Å². The lowest BCUT2D eigenvalue weighted by molar-refractivity contribution is 0.0891. The Balaban J connectivity index is 1.59. The van der Waals surface area contributed by atoms with Crippen molar-refractivity contribution in [3.8, 4) is 0 Å². The minimum Gasteiger partial charge on any atom is -0.267 e. The molecule has 0 bridgehead atoms. The molecule has 4 heteroatoms. The Morgan fingerprint density at radius 1 is 0.821 bits per heavy atom. The summed E-state index contributed by atoms with van der Waals surface area (Å²) in [6.07, 6.45) is 1.78. The number of pyridine rings is 1. The smallest absolute Gasteiger partial charge is 0.267 e. The molecule has 28 heavy (non-hydrogen) atoms. The van der Waals surface area contributed by atoms with E-state index in [9.17, 15) is 4.79 Å². The second-order valence-electron chi connectivity index (χ2n) is 6.96. The second kappa shape index (κ2) is 6.91. The molecule has 1 aliphatic rings. The Morgan fingerprint density at radius 2 is 1.46 bits per heavy atom. The van der Waals surface area contributed by atoms with E-state index in [0.717, 1.165) is 16.6 Å². The van der Waals surface area contributed by atoms with E-state index in [0.29, 0.717) is 18.7 Å². The van der Waals surface area contributed by atoms with Crippen molar-refractivity contribution in [3.63, 3.8) is 0 Å². The fourth-order valence-corrected chi connectivity index (χ4v) is 3.74. The number of aromatic nitrogens is 1. The van der Waals surface area contributed by atoms with Crippen LogP contribution in [0.4, 0.5) is 5.69 Å². The van der Waals surface area contributed by atoms with Gasteiger partial charge >= 0.3 is 0 Å². The molecule has 1 amide bonds. The first-order valence-electron chi connectivity index (χ1n) is 9.35. The van der Waals surface area contributed by atoms with Crippen LogP contribution in [0.2, 0.25) is 0 Å². The summed E-state index contributed by atoms with van der Waals surface area (Å²) in [7, 11) is 0. The van der Waals surface area contributed by atoms with E-state index in [1.165, 1.54) is 11.1 Å². The molecule has 0 spiro atoms. The lowest BCUT2D eigenvalue weighted by Crippen LogP contribution is -2.44. The van der Waals surface area contributed by atoms with Crippen molar-refractivity contribution in [2.75, 3.05) is 5.01 Å². The molecule has 4 aromatic rings. The van der Waals surface area contributed by atoms with Gasteiger partial charge in [0.2, 0.25) is 0 Å². The Morgan fingerprint density at radius 3 is 2.21 bits per heavy atom. The van der Waals surface area contributed by atoms with Gasteiger partial charge in [0, 0.05) is 24.0 Å². The molecule has 0 atom stereocenters. The van der Waals surface area contributed by atoms with Crippen LogP contribution in [0, 0.1) is 0 Å². The van der Waals surface area contributed by atoms with Crippen LogP contribution in [0.5, 0.6) is 0 Å². The molecule has 0 N–H and O–H groups in total. The molecular weight excluding hydrogens is 346 g/mol. The Labute approximate surface area is 163 Å². The molecule has 4 nitrogen and oxygen atoms in total. The molecule has 0 saturated carbocycles. The summed E-state index contributed by atoms with van der Waals surface area (Å²) in [4.78, 5) is 18.1. The van der Waals surface area contributed by atoms with E-state index in [-0.39, 0.29) is 5.91 Å². The maximum Gasteiger partial charge on any atom is 0.272 e. The lowest BCUT2D eigenvalue weighted by Gasteiger charge is -2.31. The zero-order valence-corrected chi connectivity index (χ0v) is 15.3. The second-order valence-corrected chi connectivity index (χ2v) is 6.96. The van der Waals surface area contributed by atoms with E-state index >= 15 is 0 Å². The van der Waals surface area contributed by atoms with Gasteiger partial charge in [0.05, 0.1) is 17.4 Å². The number of fused-ring (bicyclic) bond motifs is 2. The molecule has 136 valence electrons. The highest BCUT2D eigenvalue weighted by molar-refractivity contribution is 6.06. The molecular formula is C24H19N3O. The summed E-state index contributed by atoms with van der Waals surface area (Å²) >= 11 is 0. The topological polar surface area (TPSA) is 36.4 Å². The van der Waals surface area contributed by atoms with Gasteiger partial charge in [0.15, 0.2) is 0 Å². The first kappa shape index (κ1) is 16.7. The molecule has 0 unspecified atom stereocenters. The molecule has 0 radical (unpaired) electrons. The van der Waals surface area contributed by atoms with E-state index in [4.69, 9.17) is 0 Å².